The summed E-state index contributed by atoms with van der Waals surface area (Å²) in [4.78, 5) is 6.94. The summed E-state index contributed by atoms with van der Waals surface area (Å²) >= 11 is 0. The van der Waals surface area contributed by atoms with Crippen LogP contribution in [0.3, 0.4) is 0 Å². The van der Waals surface area contributed by atoms with Crippen LogP contribution in [-0.2, 0) is 28.9 Å². The van der Waals surface area contributed by atoms with E-state index in [0.29, 0.717) is 6.54 Å². The summed E-state index contributed by atoms with van der Waals surface area (Å²) in [5, 5.41) is 3.58. The number of ether oxygens (including phenoxy) is 2. The van der Waals surface area contributed by atoms with Crippen molar-refractivity contribution in [3.8, 4) is 0 Å². The number of rotatable bonds is 26. The van der Waals surface area contributed by atoms with E-state index in [2.05, 4.69) is 50.2 Å². The van der Waals surface area contributed by atoms with Crippen LogP contribution in [0, 0.1) is 0 Å². The summed E-state index contributed by atoms with van der Waals surface area (Å²) in [5.74, 6) is 0. The summed E-state index contributed by atoms with van der Waals surface area (Å²) in [7, 11) is 0. The lowest BCUT2D eigenvalue weighted by molar-refractivity contribution is -0.697. The number of halogens is 1. The predicted molar refractivity (Wildman–Crippen MR) is 159 cm³/mol. The Hall–Kier alpha value is -2.18. The van der Waals surface area contributed by atoms with Crippen LogP contribution < -0.4 is 17.0 Å². The van der Waals surface area contributed by atoms with Gasteiger partial charge in [0.1, 0.15) is 6.54 Å². The van der Waals surface area contributed by atoms with Gasteiger partial charge in [-0.3, -0.25) is 4.98 Å². The summed E-state index contributed by atoms with van der Waals surface area (Å²) in [6, 6.07) is 8.53. The van der Waals surface area contributed by atoms with Crippen LogP contribution in [0.15, 0.2) is 54.2 Å². The maximum absolute atomic E-state index is 8.25. The number of pyridine rings is 2. The van der Waals surface area contributed by atoms with Gasteiger partial charge in [0.05, 0.1) is 0 Å². The average molecular weight is 574 g/mol. The molecule has 8 heteroatoms. The molecular formula is C32H52ClN5O2. The fraction of sp³-hybridized carbons (Fsp3) is 0.688. The number of aromatic nitrogens is 2. The van der Waals surface area contributed by atoms with Gasteiger partial charge in [-0.15, -0.1) is 0 Å². The Morgan fingerprint density at radius 1 is 0.700 bits per heavy atom. The normalized spacial score (nSPS) is 10.7. The van der Waals surface area contributed by atoms with E-state index in [1.807, 2.05) is 18.5 Å². The molecule has 7 nitrogen and oxygen atoms in total. The molecular weight excluding hydrogens is 522 g/mol. The maximum Gasteiger partial charge on any atom is 0.171 e. The molecule has 0 saturated heterocycles. The molecule has 2 heterocycles. The van der Waals surface area contributed by atoms with E-state index in [4.69, 9.17) is 15.0 Å². The number of azide groups is 1. The molecule has 0 amide bonds. The van der Waals surface area contributed by atoms with E-state index in [0.717, 1.165) is 71.5 Å². The number of unbranched alkanes of at least 4 members (excludes halogenated alkanes) is 10. The molecule has 2 rings (SSSR count). The topological polar surface area (TPSA) is 84.0 Å². The first-order valence-electron chi connectivity index (χ1n) is 15.4. The largest absolute Gasteiger partial charge is 1.00 e. The van der Waals surface area contributed by atoms with E-state index in [-0.39, 0.29) is 12.4 Å². The van der Waals surface area contributed by atoms with Crippen molar-refractivity contribution >= 4 is 0 Å². The number of nitrogens with zero attached hydrogens (tertiary/aromatic N) is 5. The average Bonchev–Trinajstić information content (AvgIpc) is 2.97. The van der Waals surface area contributed by atoms with Gasteiger partial charge in [0.25, 0.3) is 0 Å². The van der Waals surface area contributed by atoms with Crippen LogP contribution in [0.2, 0.25) is 0 Å². The lowest BCUT2D eigenvalue weighted by atomic mass is 10.1. The third-order valence-corrected chi connectivity index (χ3v) is 6.97. The molecule has 224 valence electrons. The number of hydrogen-bond donors (Lipinski definition) is 0. The highest BCUT2D eigenvalue weighted by molar-refractivity contribution is 5.08. The zero-order chi connectivity index (χ0) is 27.5. The van der Waals surface area contributed by atoms with Crippen molar-refractivity contribution in [2.45, 2.75) is 109 Å². The van der Waals surface area contributed by atoms with Gasteiger partial charge in [0.15, 0.2) is 12.4 Å². The number of aryl methyl sites for hydroxylation is 3. The fourth-order valence-corrected chi connectivity index (χ4v) is 4.71. The third-order valence-electron chi connectivity index (χ3n) is 6.97. The van der Waals surface area contributed by atoms with Crippen molar-refractivity contribution in [2.75, 3.05) is 33.0 Å². The summed E-state index contributed by atoms with van der Waals surface area (Å²) in [6.45, 7) is 5.19. The van der Waals surface area contributed by atoms with Crippen molar-refractivity contribution in [3.05, 3.63) is 70.6 Å². The molecule has 0 aromatic carbocycles. The summed E-state index contributed by atoms with van der Waals surface area (Å²) in [6.07, 6.45) is 27.2. The van der Waals surface area contributed by atoms with Gasteiger partial charge < -0.3 is 21.9 Å². The lowest BCUT2D eigenvalue weighted by Gasteiger charge is -2.05. The minimum Gasteiger partial charge on any atom is -1.00 e. The van der Waals surface area contributed by atoms with E-state index in [1.54, 1.807) is 0 Å². The number of hydrogen-bond acceptors (Lipinski definition) is 4. The molecule has 2 aromatic heterocycles. The van der Waals surface area contributed by atoms with E-state index in [1.165, 1.54) is 75.3 Å². The Bertz CT molecular complexity index is 881. The van der Waals surface area contributed by atoms with Gasteiger partial charge in [0.2, 0.25) is 0 Å². The molecule has 0 aliphatic carbocycles. The fourth-order valence-electron chi connectivity index (χ4n) is 4.71. The molecule has 0 bridgehead atoms. The van der Waals surface area contributed by atoms with Crippen molar-refractivity contribution in [3.63, 3.8) is 0 Å². The Morgan fingerprint density at radius 3 is 1.93 bits per heavy atom. The maximum atomic E-state index is 8.25. The highest BCUT2D eigenvalue weighted by Crippen LogP contribution is 2.09. The van der Waals surface area contributed by atoms with Crippen molar-refractivity contribution < 1.29 is 26.4 Å². The summed E-state index contributed by atoms with van der Waals surface area (Å²) in [5.41, 5.74) is 10.9. The minimum atomic E-state index is 0. The quantitative estimate of drug-likeness (QED) is 0.0524. The molecule has 0 aliphatic rings. The molecule has 0 atom stereocenters. The lowest BCUT2D eigenvalue weighted by Crippen LogP contribution is -3.00. The highest BCUT2D eigenvalue weighted by atomic mass is 35.5. The second-order valence-electron chi connectivity index (χ2n) is 10.4. The minimum absolute atomic E-state index is 0. The zero-order valence-electron chi connectivity index (χ0n) is 24.6. The Morgan fingerprint density at radius 2 is 1.27 bits per heavy atom. The van der Waals surface area contributed by atoms with E-state index < -0.39 is 0 Å². The molecule has 0 unspecified atom stereocenters. The molecule has 0 aliphatic heterocycles. The van der Waals surface area contributed by atoms with Crippen LogP contribution in [0.25, 0.3) is 10.4 Å². The first kappa shape index (κ1) is 35.8. The standard InChI is InChI=1S/C32H52N5O2.ClH/c33-36-35-22-9-5-3-1-2-4-7-11-25-39-28-16-20-32-18-14-24-37(30-32)23-10-6-8-12-26-38-27-15-19-31-17-13-21-34-29-31;/h13-14,17-18,21,24,29-30H,1-12,15-16,19-20,22-23,25-28H2;1H/q+1;/p-1. The van der Waals surface area contributed by atoms with Gasteiger partial charge in [-0.1, -0.05) is 56.1 Å². The zero-order valence-corrected chi connectivity index (χ0v) is 25.4. The second-order valence-corrected chi connectivity index (χ2v) is 10.4. The molecule has 0 fully saturated rings. The van der Waals surface area contributed by atoms with Crippen molar-refractivity contribution in [2.24, 2.45) is 5.11 Å². The SMILES string of the molecule is [Cl-].[N-]=[N+]=NCCCCCCCCCCOCCCc1ccc[n+](CCCCCCOCCCc2cccnc2)c1. The van der Waals surface area contributed by atoms with Crippen molar-refractivity contribution in [1.29, 1.82) is 0 Å². The summed E-state index contributed by atoms with van der Waals surface area (Å²) < 4.78 is 14.0. The van der Waals surface area contributed by atoms with Gasteiger partial charge in [-0.2, -0.15) is 0 Å². The molecule has 2 aromatic rings. The third kappa shape index (κ3) is 20.7. The smallest absolute Gasteiger partial charge is 0.171 e. The highest BCUT2D eigenvalue weighted by Gasteiger charge is 2.03. The van der Waals surface area contributed by atoms with Crippen molar-refractivity contribution in [1.82, 2.24) is 4.98 Å². The van der Waals surface area contributed by atoms with Gasteiger partial charge in [-0.05, 0) is 74.6 Å². The van der Waals surface area contributed by atoms with E-state index >= 15 is 0 Å². The van der Waals surface area contributed by atoms with Crippen LogP contribution in [0.4, 0.5) is 0 Å². The van der Waals surface area contributed by atoms with Gasteiger partial charge in [0, 0.05) is 68.3 Å². The van der Waals surface area contributed by atoms with Gasteiger partial charge >= 0.3 is 0 Å². The van der Waals surface area contributed by atoms with Crippen LogP contribution in [-0.4, -0.2) is 38.0 Å². The molecule has 0 spiro atoms. The Balaban J connectivity index is 0.00000800. The monoisotopic (exact) mass is 573 g/mol. The molecule has 40 heavy (non-hydrogen) atoms. The van der Waals surface area contributed by atoms with Crippen LogP contribution in [0.5, 0.6) is 0 Å². The molecule has 0 N–H and O–H groups in total. The van der Waals surface area contributed by atoms with E-state index in [9.17, 15) is 0 Å². The first-order valence-corrected chi connectivity index (χ1v) is 15.4. The predicted octanol–water partition coefficient (Wildman–Crippen LogP) is 4.96. The second kappa shape index (κ2) is 27.0. The first-order chi connectivity index (χ1) is 19.4. The molecule has 0 radical (unpaired) electrons. The van der Waals surface area contributed by atoms with Crippen LogP contribution >= 0.6 is 0 Å². The molecule has 0 saturated carbocycles. The van der Waals surface area contributed by atoms with Gasteiger partial charge in [-0.25, -0.2) is 4.57 Å². The Labute approximate surface area is 249 Å². The van der Waals surface area contributed by atoms with Crippen LogP contribution in [0.1, 0.15) is 101 Å². The Kier molecular flexibility index (Phi) is 24.2.